The van der Waals surface area contributed by atoms with Gasteiger partial charge < -0.3 is 10.8 Å². The molecular weight excluding hydrogens is 334 g/mol. The van der Waals surface area contributed by atoms with Crippen LogP contribution in [0, 0.1) is 39.9 Å². The summed E-state index contributed by atoms with van der Waals surface area (Å²) in [7, 11) is 0. The number of carbonyl (C=O) groups is 1. The van der Waals surface area contributed by atoms with Gasteiger partial charge in [0.05, 0.1) is 5.60 Å². The molecular formula is C24H41NO2. The van der Waals surface area contributed by atoms with Crippen LogP contribution >= 0.6 is 0 Å². The fourth-order valence-electron chi connectivity index (χ4n) is 9.16. The third kappa shape index (κ3) is 2.66. The van der Waals surface area contributed by atoms with E-state index >= 15 is 0 Å². The molecule has 27 heavy (non-hydrogen) atoms. The monoisotopic (exact) mass is 375 g/mol. The summed E-state index contributed by atoms with van der Waals surface area (Å²) in [5, 5.41) is 11.1. The third-order valence-electron chi connectivity index (χ3n) is 10.5. The lowest BCUT2D eigenvalue weighted by Gasteiger charge is -2.66. The van der Waals surface area contributed by atoms with Gasteiger partial charge in [0.1, 0.15) is 0 Å². The van der Waals surface area contributed by atoms with Crippen molar-refractivity contribution in [3.05, 3.63) is 0 Å². The summed E-state index contributed by atoms with van der Waals surface area (Å²) < 4.78 is 0. The molecule has 0 spiro atoms. The Morgan fingerprint density at radius 2 is 1.59 bits per heavy atom. The standard InChI is InChI=1S/C24H41NO2/c1-5-10-24(27)14-13-21(2)16(15-24)8-11-23(4)18-7-6-17(20(25)26)22(18,3)12-9-19(21)23/h16-19,27H,5-15H2,1-4H3,(H2,25,26)/t16?,17-,18?,19?,21?,22?,23+,24-/m1/s1. The first kappa shape index (κ1) is 19.7. The lowest BCUT2D eigenvalue weighted by atomic mass is 9.39. The van der Waals surface area contributed by atoms with E-state index in [1.165, 1.54) is 32.1 Å². The van der Waals surface area contributed by atoms with Crippen molar-refractivity contribution in [1.82, 2.24) is 0 Å². The molecule has 4 saturated carbocycles. The quantitative estimate of drug-likeness (QED) is 0.725. The first-order chi connectivity index (χ1) is 12.6. The summed E-state index contributed by atoms with van der Waals surface area (Å²) in [6, 6.07) is 0. The molecule has 1 amide bonds. The maximum atomic E-state index is 12.1. The van der Waals surface area contributed by atoms with Gasteiger partial charge in [0.2, 0.25) is 5.91 Å². The van der Waals surface area contributed by atoms with Crippen molar-refractivity contribution in [2.24, 2.45) is 45.7 Å². The number of hydrogen-bond acceptors (Lipinski definition) is 2. The van der Waals surface area contributed by atoms with Crippen LogP contribution in [0.25, 0.3) is 0 Å². The summed E-state index contributed by atoms with van der Waals surface area (Å²) in [4.78, 5) is 12.1. The van der Waals surface area contributed by atoms with Gasteiger partial charge in [-0.1, -0.05) is 34.1 Å². The smallest absolute Gasteiger partial charge is 0.221 e. The molecule has 0 aromatic carbocycles. The second-order valence-corrected chi connectivity index (χ2v) is 11.6. The van der Waals surface area contributed by atoms with Crippen LogP contribution < -0.4 is 5.73 Å². The van der Waals surface area contributed by atoms with Crippen LogP contribution in [0.3, 0.4) is 0 Å². The van der Waals surface area contributed by atoms with Crippen LogP contribution in [0.5, 0.6) is 0 Å². The van der Waals surface area contributed by atoms with Crippen LogP contribution in [0.4, 0.5) is 0 Å². The largest absolute Gasteiger partial charge is 0.390 e. The number of fused-ring (bicyclic) bond motifs is 5. The van der Waals surface area contributed by atoms with Gasteiger partial charge in [0, 0.05) is 5.92 Å². The van der Waals surface area contributed by atoms with Crippen molar-refractivity contribution in [3.8, 4) is 0 Å². The molecule has 4 aliphatic carbocycles. The molecule has 0 aromatic heterocycles. The van der Waals surface area contributed by atoms with Crippen molar-refractivity contribution in [1.29, 1.82) is 0 Å². The highest BCUT2D eigenvalue weighted by atomic mass is 16.3. The Labute approximate surface area is 165 Å². The Morgan fingerprint density at radius 1 is 0.926 bits per heavy atom. The Hall–Kier alpha value is -0.570. The Bertz CT molecular complexity index is 620. The number of amides is 1. The van der Waals surface area contributed by atoms with Gasteiger partial charge in [-0.2, -0.15) is 0 Å². The zero-order valence-electron chi connectivity index (χ0n) is 18.0. The molecule has 5 unspecified atom stereocenters. The predicted molar refractivity (Wildman–Crippen MR) is 109 cm³/mol. The normalized spacial score (nSPS) is 54.7. The molecule has 0 aromatic rings. The van der Waals surface area contributed by atoms with Crippen molar-refractivity contribution < 1.29 is 9.90 Å². The molecule has 154 valence electrons. The topological polar surface area (TPSA) is 63.3 Å². The van der Waals surface area contributed by atoms with E-state index in [-0.39, 0.29) is 17.2 Å². The van der Waals surface area contributed by atoms with E-state index in [1.807, 2.05) is 0 Å². The van der Waals surface area contributed by atoms with E-state index in [9.17, 15) is 9.90 Å². The number of hydrogen-bond donors (Lipinski definition) is 2. The van der Waals surface area contributed by atoms with Gasteiger partial charge in [-0.15, -0.1) is 0 Å². The molecule has 0 bridgehead atoms. The number of carbonyl (C=O) groups excluding carboxylic acids is 1. The number of rotatable bonds is 3. The van der Waals surface area contributed by atoms with Crippen molar-refractivity contribution in [2.75, 3.05) is 0 Å². The number of aliphatic hydroxyl groups is 1. The summed E-state index contributed by atoms with van der Waals surface area (Å²) >= 11 is 0. The minimum atomic E-state index is -0.416. The van der Waals surface area contributed by atoms with Crippen LogP contribution in [-0.2, 0) is 4.79 Å². The molecule has 4 rings (SSSR count). The molecule has 3 N–H and O–H groups in total. The fourth-order valence-corrected chi connectivity index (χ4v) is 9.16. The Morgan fingerprint density at radius 3 is 2.26 bits per heavy atom. The van der Waals surface area contributed by atoms with Gasteiger partial charge in [0.25, 0.3) is 0 Å². The Balaban J connectivity index is 1.63. The molecule has 4 aliphatic rings. The first-order valence-electron chi connectivity index (χ1n) is 11.6. The highest BCUT2D eigenvalue weighted by Gasteiger charge is 2.66. The predicted octanol–water partition coefficient (Wildman–Crippen LogP) is 5.05. The summed E-state index contributed by atoms with van der Waals surface area (Å²) in [6.07, 6.45) is 12.3. The molecule has 3 nitrogen and oxygen atoms in total. The van der Waals surface area contributed by atoms with Crippen molar-refractivity contribution >= 4 is 5.91 Å². The van der Waals surface area contributed by atoms with E-state index in [0.29, 0.717) is 22.7 Å². The second kappa shape index (κ2) is 6.21. The summed E-state index contributed by atoms with van der Waals surface area (Å²) in [5.41, 5.74) is 6.21. The van der Waals surface area contributed by atoms with E-state index in [1.54, 1.807) is 0 Å². The van der Waals surface area contributed by atoms with E-state index in [0.717, 1.165) is 44.4 Å². The van der Waals surface area contributed by atoms with Gasteiger partial charge in [-0.25, -0.2) is 0 Å². The molecule has 4 fully saturated rings. The van der Waals surface area contributed by atoms with Crippen LogP contribution in [0.2, 0.25) is 0 Å². The maximum absolute atomic E-state index is 12.1. The SMILES string of the molecule is CCC[C@@]1(O)CCC2(C)C(CC[C@]3(C)C2CCC2(C)C3CC[C@@H]2C(N)=O)C1. The fraction of sp³-hybridized carbons (Fsp3) is 0.958. The van der Waals surface area contributed by atoms with Gasteiger partial charge in [0.15, 0.2) is 0 Å². The zero-order chi connectivity index (χ0) is 19.7. The lowest BCUT2D eigenvalue weighted by Crippen LogP contribution is -2.60. The minimum absolute atomic E-state index is 0.0655. The van der Waals surface area contributed by atoms with Gasteiger partial charge in [-0.05, 0) is 98.2 Å². The second-order valence-electron chi connectivity index (χ2n) is 11.6. The van der Waals surface area contributed by atoms with E-state index in [4.69, 9.17) is 5.73 Å². The van der Waals surface area contributed by atoms with Crippen molar-refractivity contribution in [2.45, 2.75) is 104 Å². The minimum Gasteiger partial charge on any atom is -0.390 e. The maximum Gasteiger partial charge on any atom is 0.221 e. The zero-order valence-corrected chi connectivity index (χ0v) is 18.0. The molecule has 0 saturated heterocycles. The average molecular weight is 376 g/mol. The first-order valence-corrected chi connectivity index (χ1v) is 11.6. The van der Waals surface area contributed by atoms with Crippen LogP contribution in [0.1, 0.15) is 98.3 Å². The van der Waals surface area contributed by atoms with E-state index < -0.39 is 5.60 Å². The lowest BCUT2D eigenvalue weighted by molar-refractivity contribution is -0.189. The highest BCUT2D eigenvalue weighted by Crippen LogP contribution is 2.72. The molecule has 0 heterocycles. The van der Waals surface area contributed by atoms with Crippen molar-refractivity contribution in [3.63, 3.8) is 0 Å². The van der Waals surface area contributed by atoms with Gasteiger partial charge >= 0.3 is 0 Å². The van der Waals surface area contributed by atoms with E-state index in [2.05, 4.69) is 27.7 Å². The Kier molecular flexibility index (Phi) is 4.54. The number of nitrogens with two attached hydrogens (primary N) is 1. The number of primary amides is 1. The molecule has 3 heteroatoms. The third-order valence-corrected chi connectivity index (χ3v) is 10.5. The van der Waals surface area contributed by atoms with Gasteiger partial charge in [-0.3, -0.25) is 4.79 Å². The molecule has 8 atom stereocenters. The summed E-state index contributed by atoms with van der Waals surface area (Å²) in [6.45, 7) is 9.67. The highest BCUT2D eigenvalue weighted by molar-refractivity contribution is 5.78. The molecule has 0 radical (unpaired) electrons. The average Bonchev–Trinajstić information content (AvgIpc) is 2.95. The summed E-state index contributed by atoms with van der Waals surface area (Å²) in [5.74, 6) is 2.05. The molecule has 0 aliphatic heterocycles. The van der Waals surface area contributed by atoms with Crippen LogP contribution in [0.15, 0.2) is 0 Å². The van der Waals surface area contributed by atoms with Crippen LogP contribution in [-0.4, -0.2) is 16.6 Å².